The minimum absolute atomic E-state index is 0.0191. The molecular weight excluding hydrogens is 394 g/mol. The zero-order valence-corrected chi connectivity index (χ0v) is 17.7. The quantitative estimate of drug-likeness (QED) is 0.635. The number of benzene rings is 2. The summed E-state index contributed by atoms with van der Waals surface area (Å²) in [5, 5.41) is 3.08. The van der Waals surface area contributed by atoms with Gasteiger partial charge >= 0.3 is 0 Å². The molecule has 0 aliphatic heterocycles. The van der Waals surface area contributed by atoms with E-state index in [-0.39, 0.29) is 17.4 Å². The van der Waals surface area contributed by atoms with E-state index in [1.54, 1.807) is 11.8 Å². The van der Waals surface area contributed by atoms with Gasteiger partial charge in [0.05, 0.1) is 11.8 Å². The molecular formula is C21H26BrNOS. The van der Waals surface area contributed by atoms with Crippen LogP contribution in [0.2, 0.25) is 0 Å². The number of carbonyl (C=O) groups excluding carboxylic acids is 1. The summed E-state index contributed by atoms with van der Waals surface area (Å²) in [6.45, 7) is 8.64. The third-order valence-electron chi connectivity index (χ3n) is 4.10. The molecule has 2 aromatic carbocycles. The minimum Gasteiger partial charge on any atom is -0.349 e. The van der Waals surface area contributed by atoms with Crippen molar-refractivity contribution >= 4 is 33.6 Å². The molecule has 0 bridgehead atoms. The maximum atomic E-state index is 12.2. The summed E-state index contributed by atoms with van der Waals surface area (Å²) in [7, 11) is 0. The van der Waals surface area contributed by atoms with E-state index in [2.05, 4.69) is 72.3 Å². The van der Waals surface area contributed by atoms with Crippen LogP contribution in [0.15, 0.2) is 53.0 Å². The summed E-state index contributed by atoms with van der Waals surface area (Å²) < 4.78 is 1.09. The summed E-state index contributed by atoms with van der Waals surface area (Å²) >= 11 is 5.17. The maximum Gasteiger partial charge on any atom is 0.230 e. The van der Waals surface area contributed by atoms with Crippen LogP contribution in [0.3, 0.4) is 0 Å². The van der Waals surface area contributed by atoms with Gasteiger partial charge in [0, 0.05) is 10.2 Å². The highest BCUT2D eigenvalue weighted by Crippen LogP contribution is 2.24. The largest absolute Gasteiger partial charge is 0.349 e. The number of nitrogens with one attached hydrogen (secondary N) is 1. The van der Waals surface area contributed by atoms with Gasteiger partial charge in [0.25, 0.3) is 0 Å². The first-order valence-electron chi connectivity index (χ1n) is 8.48. The molecule has 2 aromatic rings. The lowest BCUT2D eigenvalue weighted by Crippen LogP contribution is -2.28. The van der Waals surface area contributed by atoms with Gasteiger partial charge in [-0.3, -0.25) is 4.79 Å². The van der Waals surface area contributed by atoms with E-state index >= 15 is 0 Å². The van der Waals surface area contributed by atoms with Gasteiger partial charge in [0.2, 0.25) is 5.91 Å². The number of thioether (sulfide) groups is 1. The van der Waals surface area contributed by atoms with Crippen molar-refractivity contribution in [2.24, 2.45) is 0 Å². The van der Waals surface area contributed by atoms with Crippen molar-refractivity contribution in [3.8, 4) is 0 Å². The van der Waals surface area contributed by atoms with E-state index in [0.717, 1.165) is 15.8 Å². The van der Waals surface area contributed by atoms with Crippen molar-refractivity contribution in [1.82, 2.24) is 5.32 Å². The summed E-state index contributed by atoms with van der Waals surface area (Å²) in [5.41, 5.74) is 3.80. The van der Waals surface area contributed by atoms with Gasteiger partial charge in [-0.15, -0.1) is 11.8 Å². The molecule has 1 atom stereocenters. The molecule has 134 valence electrons. The molecule has 0 unspecified atom stereocenters. The molecule has 0 aromatic heterocycles. The second-order valence-corrected chi connectivity index (χ2v) is 9.09. The molecule has 0 aliphatic rings. The predicted octanol–water partition coefficient (Wildman–Crippen LogP) is 5.86. The fraction of sp³-hybridized carbons (Fsp3) is 0.381. The Hall–Kier alpha value is -1.26. The Balaban J connectivity index is 1.82. The highest BCUT2D eigenvalue weighted by atomic mass is 79.9. The summed E-state index contributed by atoms with van der Waals surface area (Å²) in [4.78, 5) is 12.2. The normalized spacial score (nSPS) is 12.7. The minimum atomic E-state index is 0.0191. The van der Waals surface area contributed by atoms with Crippen molar-refractivity contribution in [3.63, 3.8) is 0 Å². The fourth-order valence-corrected chi connectivity index (χ4v) is 3.96. The third-order valence-corrected chi connectivity index (χ3v) is 5.86. The van der Waals surface area contributed by atoms with E-state index < -0.39 is 0 Å². The molecule has 1 N–H and O–H groups in total. The van der Waals surface area contributed by atoms with Gasteiger partial charge in [-0.25, -0.2) is 0 Å². The lowest BCUT2D eigenvalue weighted by molar-refractivity contribution is -0.119. The topological polar surface area (TPSA) is 29.1 Å². The SMILES string of the molecule is C[C@H](NC(=O)CSCc1ccccc1Br)c1ccc(C(C)(C)C)cc1. The van der Waals surface area contributed by atoms with Crippen molar-refractivity contribution in [2.75, 3.05) is 5.75 Å². The van der Waals surface area contributed by atoms with Gasteiger partial charge in [0.15, 0.2) is 0 Å². The molecule has 25 heavy (non-hydrogen) atoms. The molecule has 0 heterocycles. The fourth-order valence-electron chi connectivity index (χ4n) is 2.51. The molecule has 2 rings (SSSR count). The van der Waals surface area contributed by atoms with Gasteiger partial charge in [0.1, 0.15) is 0 Å². The second kappa shape index (κ2) is 8.91. The van der Waals surface area contributed by atoms with E-state index in [4.69, 9.17) is 0 Å². The molecule has 4 heteroatoms. The Bertz CT molecular complexity index is 707. The molecule has 0 fully saturated rings. The van der Waals surface area contributed by atoms with Gasteiger partial charge in [-0.05, 0) is 35.1 Å². The molecule has 0 radical (unpaired) electrons. The molecule has 0 spiro atoms. The first-order valence-corrected chi connectivity index (χ1v) is 10.4. The van der Waals surface area contributed by atoms with Crippen LogP contribution in [0.1, 0.15) is 50.4 Å². The average molecular weight is 420 g/mol. The van der Waals surface area contributed by atoms with Crippen LogP contribution in [0.5, 0.6) is 0 Å². The number of halogens is 1. The van der Waals surface area contributed by atoms with E-state index in [1.165, 1.54) is 11.1 Å². The van der Waals surface area contributed by atoms with E-state index in [9.17, 15) is 4.79 Å². The first-order chi connectivity index (χ1) is 11.8. The standard InChI is InChI=1S/C21H26BrNOS/c1-15(16-9-11-18(12-10-16)21(2,3)4)23-20(24)14-25-13-17-7-5-6-8-19(17)22/h5-12,15H,13-14H2,1-4H3,(H,23,24)/t15-/m0/s1. The van der Waals surface area contributed by atoms with Gasteiger partial charge in [-0.1, -0.05) is 79.2 Å². The van der Waals surface area contributed by atoms with Crippen molar-refractivity contribution in [3.05, 3.63) is 69.7 Å². The molecule has 1 amide bonds. The number of amides is 1. The zero-order chi connectivity index (χ0) is 18.4. The molecule has 0 aliphatic carbocycles. The van der Waals surface area contributed by atoms with Crippen molar-refractivity contribution < 1.29 is 4.79 Å². The monoisotopic (exact) mass is 419 g/mol. The van der Waals surface area contributed by atoms with E-state index in [1.807, 2.05) is 25.1 Å². The highest BCUT2D eigenvalue weighted by Gasteiger charge is 2.15. The Kier molecular flexibility index (Phi) is 7.14. The number of carbonyl (C=O) groups is 1. The average Bonchev–Trinajstić information content (AvgIpc) is 2.56. The Morgan fingerprint density at radius 2 is 1.76 bits per heavy atom. The van der Waals surface area contributed by atoms with Gasteiger partial charge < -0.3 is 5.32 Å². The molecule has 0 saturated carbocycles. The van der Waals surface area contributed by atoms with Crippen LogP contribution in [-0.4, -0.2) is 11.7 Å². The maximum absolute atomic E-state index is 12.2. The van der Waals surface area contributed by atoms with Crippen molar-refractivity contribution in [1.29, 1.82) is 0 Å². The van der Waals surface area contributed by atoms with Crippen LogP contribution in [0.4, 0.5) is 0 Å². The van der Waals surface area contributed by atoms with Crippen LogP contribution in [0, 0.1) is 0 Å². The van der Waals surface area contributed by atoms with Crippen LogP contribution in [-0.2, 0) is 16.0 Å². The Morgan fingerprint density at radius 3 is 2.36 bits per heavy atom. The smallest absolute Gasteiger partial charge is 0.230 e. The highest BCUT2D eigenvalue weighted by molar-refractivity contribution is 9.10. The van der Waals surface area contributed by atoms with Crippen molar-refractivity contribution in [2.45, 2.75) is 44.9 Å². The predicted molar refractivity (Wildman–Crippen MR) is 112 cm³/mol. The van der Waals surface area contributed by atoms with Crippen LogP contribution in [0.25, 0.3) is 0 Å². The number of rotatable bonds is 6. The Labute approximate surface area is 163 Å². The molecule has 0 saturated heterocycles. The first kappa shape index (κ1) is 20.1. The number of hydrogen-bond acceptors (Lipinski definition) is 2. The second-order valence-electron chi connectivity index (χ2n) is 7.25. The zero-order valence-electron chi connectivity index (χ0n) is 15.3. The summed E-state index contributed by atoms with van der Waals surface area (Å²) in [5.74, 6) is 1.36. The lowest BCUT2D eigenvalue weighted by atomic mass is 9.86. The lowest BCUT2D eigenvalue weighted by Gasteiger charge is -2.20. The Morgan fingerprint density at radius 1 is 1.12 bits per heavy atom. The van der Waals surface area contributed by atoms with Crippen LogP contribution >= 0.6 is 27.7 Å². The van der Waals surface area contributed by atoms with Crippen LogP contribution < -0.4 is 5.32 Å². The number of hydrogen-bond donors (Lipinski definition) is 1. The summed E-state index contributed by atoms with van der Waals surface area (Å²) in [6, 6.07) is 16.7. The van der Waals surface area contributed by atoms with Gasteiger partial charge in [-0.2, -0.15) is 0 Å². The van der Waals surface area contributed by atoms with E-state index in [0.29, 0.717) is 5.75 Å². The third kappa shape index (κ3) is 6.19. The summed E-state index contributed by atoms with van der Waals surface area (Å²) in [6.07, 6.45) is 0. The molecule has 2 nitrogen and oxygen atoms in total.